The number of nitrogens with one attached hydrogen (secondary N) is 1. The molecule has 2 rings (SSSR count). The predicted molar refractivity (Wildman–Crippen MR) is 56.5 cm³/mol. The Bertz CT molecular complexity index is 245. The Hall–Kier alpha value is -0.260. The van der Waals surface area contributed by atoms with E-state index in [9.17, 15) is 4.79 Å². The van der Waals surface area contributed by atoms with Gasteiger partial charge in [-0.25, -0.2) is 0 Å². The molecule has 0 aromatic carbocycles. The molecule has 2 fully saturated rings. The quantitative estimate of drug-likeness (QED) is 0.656. The summed E-state index contributed by atoms with van der Waals surface area (Å²) in [6.07, 6.45) is 1.80. The molecule has 14 heavy (non-hydrogen) atoms. The van der Waals surface area contributed by atoms with Crippen LogP contribution >= 0.6 is 11.8 Å². The summed E-state index contributed by atoms with van der Waals surface area (Å²) in [5, 5.41) is 12.2. The summed E-state index contributed by atoms with van der Waals surface area (Å²) < 4.78 is 0. The maximum atomic E-state index is 10.9. The molecule has 0 aromatic rings. The maximum Gasteiger partial charge on any atom is 0.320 e. The van der Waals surface area contributed by atoms with Crippen LogP contribution in [0.15, 0.2) is 0 Å². The Balaban J connectivity index is 2.03. The van der Waals surface area contributed by atoms with Gasteiger partial charge in [-0.1, -0.05) is 0 Å². The fraction of sp³-hybridized carbons (Fsp3) is 0.889. The average Bonchev–Trinajstić information content (AvgIpc) is 2.47. The third-order valence-corrected chi connectivity index (χ3v) is 4.39. The first-order valence-corrected chi connectivity index (χ1v) is 5.93. The van der Waals surface area contributed by atoms with Gasteiger partial charge in [-0.3, -0.25) is 10.1 Å². The highest BCUT2D eigenvalue weighted by molar-refractivity contribution is 8.00. The zero-order valence-corrected chi connectivity index (χ0v) is 9.14. The van der Waals surface area contributed by atoms with Gasteiger partial charge in [-0.15, -0.1) is 11.8 Å². The normalized spacial score (nSPS) is 39.1. The standard InChI is InChI=1S/C9H16N2O2S/c1-11-4-3-9(6-11)10-7(8(12)13)2-5-14-9/h7,10H,2-6H2,1H3,(H,12,13). The van der Waals surface area contributed by atoms with Gasteiger partial charge in [0.25, 0.3) is 0 Å². The first-order valence-electron chi connectivity index (χ1n) is 4.94. The molecule has 4 nitrogen and oxygen atoms in total. The lowest BCUT2D eigenvalue weighted by Gasteiger charge is -2.37. The number of likely N-dealkylation sites (N-methyl/N-ethyl adjacent to an activating group) is 1. The molecular weight excluding hydrogens is 200 g/mol. The van der Waals surface area contributed by atoms with Crippen molar-refractivity contribution in [2.75, 3.05) is 25.9 Å². The van der Waals surface area contributed by atoms with E-state index in [0.717, 1.165) is 31.7 Å². The Kier molecular flexibility index (Phi) is 2.72. The number of carboxylic acid groups (broad SMARTS) is 1. The largest absolute Gasteiger partial charge is 0.480 e. The average molecular weight is 216 g/mol. The van der Waals surface area contributed by atoms with Gasteiger partial charge in [0.05, 0.1) is 4.87 Å². The van der Waals surface area contributed by atoms with Gasteiger partial charge in [-0.05, 0) is 25.6 Å². The van der Waals surface area contributed by atoms with E-state index in [1.807, 2.05) is 11.8 Å². The molecule has 1 spiro atoms. The topological polar surface area (TPSA) is 52.6 Å². The second kappa shape index (κ2) is 3.72. The molecule has 2 N–H and O–H groups in total. The summed E-state index contributed by atoms with van der Waals surface area (Å²) in [5.74, 6) is 0.247. The number of aliphatic carboxylic acids is 1. The van der Waals surface area contributed by atoms with Gasteiger partial charge in [-0.2, -0.15) is 0 Å². The number of carbonyl (C=O) groups is 1. The van der Waals surface area contributed by atoms with Crippen LogP contribution in [0.25, 0.3) is 0 Å². The molecular formula is C9H16N2O2S. The van der Waals surface area contributed by atoms with Crippen LogP contribution in [0.5, 0.6) is 0 Å². The third kappa shape index (κ3) is 1.89. The number of nitrogens with zero attached hydrogens (tertiary/aromatic N) is 1. The third-order valence-electron chi connectivity index (χ3n) is 2.94. The van der Waals surface area contributed by atoms with Crippen LogP contribution in [-0.4, -0.2) is 52.8 Å². The van der Waals surface area contributed by atoms with Crippen molar-refractivity contribution < 1.29 is 9.90 Å². The maximum absolute atomic E-state index is 10.9. The molecule has 0 saturated carbocycles. The molecule has 5 heteroatoms. The van der Waals surface area contributed by atoms with Crippen LogP contribution in [0.1, 0.15) is 12.8 Å². The van der Waals surface area contributed by atoms with Crippen molar-refractivity contribution in [3.8, 4) is 0 Å². The highest BCUT2D eigenvalue weighted by Gasteiger charge is 2.42. The summed E-state index contributed by atoms with van der Waals surface area (Å²) in [4.78, 5) is 13.2. The van der Waals surface area contributed by atoms with E-state index in [-0.39, 0.29) is 10.9 Å². The minimum Gasteiger partial charge on any atom is -0.480 e. The molecule has 2 saturated heterocycles. The molecule has 0 radical (unpaired) electrons. The molecule has 0 aliphatic carbocycles. The molecule has 80 valence electrons. The van der Waals surface area contributed by atoms with Crippen molar-refractivity contribution in [1.82, 2.24) is 10.2 Å². The number of hydrogen-bond donors (Lipinski definition) is 2. The van der Waals surface area contributed by atoms with E-state index in [4.69, 9.17) is 5.11 Å². The summed E-state index contributed by atoms with van der Waals surface area (Å²) in [7, 11) is 2.08. The highest BCUT2D eigenvalue weighted by atomic mass is 32.2. The van der Waals surface area contributed by atoms with E-state index < -0.39 is 5.97 Å². The smallest absolute Gasteiger partial charge is 0.320 e. The van der Waals surface area contributed by atoms with Gasteiger partial charge in [0.15, 0.2) is 0 Å². The fourth-order valence-corrected chi connectivity index (χ4v) is 3.71. The van der Waals surface area contributed by atoms with Crippen molar-refractivity contribution >= 4 is 17.7 Å². The summed E-state index contributed by atoms with van der Waals surface area (Å²) in [6, 6.07) is -0.345. The van der Waals surface area contributed by atoms with Crippen molar-refractivity contribution in [2.24, 2.45) is 0 Å². The SMILES string of the molecule is CN1CCC2(C1)NC(C(=O)O)CCS2. The Morgan fingerprint density at radius 2 is 2.50 bits per heavy atom. The number of thioether (sulfide) groups is 1. The first kappa shape index (κ1) is 10.3. The van der Waals surface area contributed by atoms with Crippen LogP contribution in [0.3, 0.4) is 0 Å². The molecule has 0 bridgehead atoms. The van der Waals surface area contributed by atoms with Gasteiger partial charge in [0.1, 0.15) is 6.04 Å². The van der Waals surface area contributed by atoms with Gasteiger partial charge in [0, 0.05) is 13.1 Å². The van der Waals surface area contributed by atoms with E-state index >= 15 is 0 Å². The van der Waals surface area contributed by atoms with Gasteiger partial charge >= 0.3 is 5.97 Å². The molecule has 2 heterocycles. The molecule has 0 aromatic heterocycles. The summed E-state index contributed by atoms with van der Waals surface area (Å²) >= 11 is 1.88. The van der Waals surface area contributed by atoms with Crippen molar-refractivity contribution in [2.45, 2.75) is 23.8 Å². The van der Waals surface area contributed by atoms with E-state index in [0.29, 0.717) is 0 Å². The number of hydrogen-bond acceptors (Lipinski definition) is 4. The number of likely N-dealkylation sites (tertiary alicyclic amines) is 1. The van der Waals surface area contributed by atoms with Crippen LogP contribution in [0.2, 0.25) is 0 Å². The second-order valence-electron chi connectivity index (χ2n) is 4.15. The van der Waals surface area contributed by atoms with Crippen molar-refractivity contribution in [3.05, 3.63) is 0 Å². The van der Waals surface area contributed by atoms with E-state index in [1.165, 1.54) is 0 Å². The predicted octanol–water partition coefficient (Wildman–Crippen LogP) is 0.198. The minimum atomic E-state index is -0.709. The Morgan fingerprint density at radius 1 is 1.71 bits per heavy atom. The zero-order chi connectivity index (χ0) is 10.2. The Labute approximate surface area is 88.0 Å². The molecule has 2 aliphatic rings. The first-order chi connectivity index (χ1) is 6.61. The van der Waals surface area contributed by atoms with Crippen LogP contribution in [0, 0.1) is 0 Å². The second-order valence-corrected chi connectivity index (χ2v) is 5.63. The van der Waals surface area contributed by atoms with Gasteiger partial charge < -0.3 is 10.0 Å². The Morgan fingerprint density at radius 3 is 3.07 bits per heavy atom. The summed E-state index contributed by atoms with van der Waals surface area (Å²) in [6.45, 7) is 2.02. The monoisotopic (exact) mass is 216 g/mol. The molecule has 0 amide bonds. The van der Waals surface area contributed by atoms with Crippen molar-refractivity contribution in [1.29, 1.82) is 0 Å². The van der Waals surface area contributed by atoms with Gasteiger partial charge in [0.2, 0.25) is 0 Å². The lowest BCUT2D eigenvalue weighted by molar-refractivity contribution is -0.140. The molecule has 2 unspecified atom stereocenters. The molecule has 2 atom stereocenters. The lowest BCUT2D eigenvalue weighted by Crippen LogP contribution is -2.55. The van der Waals surface area contributed by atoms with Crippen LogP contribution in [0.4, 0.5) is 0 Å². The number of carboxylic acids is 1. The van der Waals surface area contributed by atoms with Crippen molar-refractivity contribution in [3.63, 3.8) is 0 Å². The van der Waals surface area contributed by atoms with E-state index in [1.54, 1.807) is 0 Å². The zero-order valence-electron chi connectivity index (χ0n) is 8.32. The van der Waals surface area contributed by atoms with E-state index in [2.05, 4.69) is 17.3 Å². The number of rotatable bonds is 1. The van der Waals surface area contributed by atoms with Crippen LogP contribution in [-0.2, 0) is 4.79 Å². The lowest BCUT2D eigenvalue weighted by atomic mass is 10.1. The summed E-state index contributed by atoms with van der Waals surface area (Å²) in [5.41, 5.74) is 0. The molecule has 2 aliphatic heterocycles. The fourth-order valence-electron chi connectivity index (χ4n) is 2.19. The minimum absolute atomic E-state index is 0.00998. The highest BCUT2D eigenvalue weighted by Crippen LogP contribution is 2.36. The van der Waals surface area contributed by atoms with Crippen LogP contribution < -0.4 is 5.32 Å².